The van der Waals surface area contributed by atoms with E-state index in [1.54, 1.807) is 12.1 Å². The van der Waals surface area contributed by atoms with Gasteiger partial charge in [-0.3, -0.25) is 4.79 Å². The minimum Gasteiger partial charge on any atom is -0.489 e. The largest absolute Gasteiger partial charge is 0.489 e. The lowest BCUT2D eigenvalue weighted by molar-refractivity contribution is -0.117. The first-order valence-electron chi connectivity index (χ1n) is 9.62. The molecule has 1 fully saturated rings. The van der Waals surface area contributed by atoms with Crippen molar-refractivity contribution in [2.45, 2.75) is 17.7 Å². The smallest absolute Gasteiger partial charge is 0.367 e. The predicted octanol–water partition coefficient (Wildman–Crippen LogP) is 3.32. The Morgan fingerprint density at radius 2 is 1.77 bits per heavy atom. The highest BCUT2D eigenvalue weighted by atomic mass is 32.2. The van der Waals surface area contributed by atoms with Gasteiger partial charge >= 0.3 is 11.3 Å². The zero-order valence-corrected chi connectivity index (χ0v) is 17.9. The third-order valence-corrected chi connectivity index (χ3v) is 5.10. The van der Waals surface area contributed by atoms with E-state index in [2.05, 4.69) is 30.4 Å². The van der Waals surface area contributed by atoms with Gasteiger partial charge in [-0.15, -0.1) is 0 Å². The SMILES string of the molecule is C=CCOC(=O)S[C@@H]1CN[C@H](C(=O)Nc2cc(OCC=C)cc(C(=O)OCC=C)c2)C1. The number of hydrogen-bond donors (Lipinski definition) is 2. The summed E-state index contributed by atoms with van der Waals surface area (Å²) in [6, 6.07) is 4.16. The van der Waals surface area contributed by atoms with Crippen molar-refractivity contribution in [3.8, 4) is 5.75 Å². The number of anilines is 1. The van der Waals surface area contributed by atoms with Crippen molar-refractivity contribution in [3.63, 3.8) is 0 Å². The summed E-state index contributed by atoms with van der Waals surface area (Å²) in [6.45, 7) is 11.6. The van der Waals surface area contributed by atoms with Gasteiger partial charge in [-0.05, 0) is 30.3 Å². The van der Waals surface area contributed by atoms with Crippen LogP contribution < -0.4 is 15.4 Å². The summed E-state index contributed by atoms with van der Waals surface area (Å²) in [5, 5.41) is 5.40. The quantitative estimate of drug-likeness (QED) is 0.394. The van der Waals surface area contributed by atoms with Gasteiger partial charge in [0, 0.05) is 23.5 Å². The van der Waals surface area contributed by atoms with Crippen LogP contribution in [0.25, 0.3) is 0 Å². The van der Waals surface area contributed by atoms with Gasteiger partial charge in [0.05, 0.1) is 11.6 Å². The minimum atomic E-state index is -0.562. The average Bonchev–Trinajstić information content (AvgIpc) is 3.23. The molecule has 0 bridgehead atoms. The molecular formula is C22H26N2O6S. The van der Waals surface area contributed by atoms with Crippen LogP contribution in [0.5, 0.6) is 5.75 Å². The molecule has 1 amide bonds. The number of carbonyl (C=O) groups is 3. The number of esters is 1. The molecule has 2 atom stereocenters. The Labute approximate surface area is 185 Å². The van der Waals surface area contributed by atoms with Crippen molar-refractivity contribution in [2.24, 2.45) is 0 Å². The average molecular weight is 447 g/mol. The Morgan fingerprint density at radius 3 is 2.48 bits per heavy atom. The van der Waals surface area contributed by atoms with E-state index >= 15 is 0 Å². The fourth-order valence-corrected chi connectivity index (χ4v) is 3.64. The highest BCUT2D eigenvalue weighted by Crippen LogP contribution is 2.25. The van der Waals surface area contributed by atoms with Gasteiger partial charge in [0.25, 0.3) is 0 Å². The molecule has 2 rings (SSSR count). The highest BCUT2D eigenvalue weighted by Gasteiger charge is 2.31. The Balaban J connectivity index is 2.03. The van der Waals surface area contributed by atoms with Gasteiger partial charge in [0.2, 0.25) is 5.91 Å². The Hall–Kier alpha value is -3.04. The fourth-order valence-electron chi connectivity index (χ4n) is 2.76. The van der Waals surface area contributed by atoms with E-state index < -0.39 is 17.3 Å². The number of amides is 1. The number of benzene rings is 1. The third kappa shape index (κ3) is 7.95. The van der Waals surface area contributed by atoms with Crippen LogP contribution in [-0.4, -0.2) is 54.8 Å². The molecule has 0 spiro atoms. The maximum atomic E-state index is 12.7. The van der Waals surface area contributed by atoms with Gasteiger partial charge < -0.3 is 24.8 Å². The summed E-state index contributed by atoms with van der Waals surface area (Å²) in [5.41, 5.74) is 0.622. The van der Waals surface area contributed by atoms with E-state index in [-0.39, 0.29) is 36.5 Å². The molecule has 1 aromatic carbocycles. The molecule has 1 aliphatic rings. The molecule has 9 heteroatoms. The number of rotatable bonds is 11. The van der Waals surface area contributed by atoms with Crippen molar-refractivity contribution in [2.75, 3.05) is 31.7 Å². The van der Waals surface area contributed by atoms with E-state index in [1.807, 2.05) is 0 Å². The number of nitrogens with one attached hydrogen (secondary N) is 2. The van der Waals surface area contributed by atoms with E-state index in [1.165, 1.54) is 24.3 Å². The number of thioether (sulfide) groups is 1. The molecule has 2 N–H and O–H groups in total. The summed E-state index contributed by atoms with van der Waals surface area (Å²) in [7, 11) is 0. The molecule has 1 heterocycles. The Bertz CT molecular complexity index is 841. The summed E-state index contributed by atoms with van der Waals surface area (Å²) < 4.78 is 15.5. The third-order valence-electron chi connectivity index (χ3n) is 4.10. The standard InChI is InChI=1S/C22H26N2O6S/c1-4-7-28-17-11-15(21(26)29-8-5-2)10-16(12-17)24-20(25)19-13-18(14-23-19)31-22(27)30-9-6-3/h4-6,10-12,18-19,23H,1-3,7-9,13-14H2,(H,24,25)/t18-,19-/m0/s1. The van der Waals surface area contributed by atoms with Gasteiger partial charge in [-0.2, -0.15) is 0 Å². The first-order valence-corrected chi connectivity index (χ1v) is 10.5. The molecule has 31 heavy (non-hydrogen) atoms. The van der Waals surface area contributed by atoms with Crippen LogP contribution in [0.15, 0.2) is 56.2 Å². The lowest BCUT2D eigenvalue weighted by atomic mass is 10.1. The van der Waals surface area contributed by atoms with Crippen molar-refractivity contribution in [1.82, 2.24) is 5.32 Å². The Morgan fingerprint density at radius 1 is 1.06 bits per heavy atom. The molecule has 1 saturated heterocycles. The monoisotopic (exact) mass is 446 g/mol. The second-order valence-electron chi connectivity index (χ2n) is 6.51. The van der Waals surface area contributed by atoms with Crippen LogP contribution in [0.1, 0.15) is 16.8 Å². The Kier molecular flexibility index (Phi) is 9.86. The lowest BCUT2D eigenvalue weighted by Gasteiger charge is -2.14. The minimum absolute atomic E-state index is 0.0680. The number of hydrogen-bond acceptors (Lipinski definition) is 8. The van der Waals surface area contributed by atoms with Crippen molar-refractivity contribution >= 4 is 34.6 Å². The molecule has 8 nitrogen and oxygen atoms in total. The molecule has 0 radical (unpaired) electrons. The van der Waals surface area contributed by atoms with Gasteiger partial charge in [-0.25, -0.2) is 9.59 Å². The molecule has 166 valence electrons. The maximum absolute atomic E-state index is 12.7. The van der Waals surface area contributed by atoms with Gasteiger partial charge in [-0.1, -0.05) is 38.0 Å². The maximum Gasteiger partial charge on any atom is 0.367 e. The van der Waals surface area contributed by atoms with Crippen LogP contribution in [0.2, 0.25) is 0 Å². The van der Waals surface area contributed by atoms with Crippen LogP contribution in [0.3, 0.4) is 0 Å². The molecular weight excluding hydrogens is 420 g/mol. The summed E-state index contributed by atoms with van der Waals surface area (Å²) >= 11 is 1.05. The zero-order chi connectivity index (χ0) is 22.6. The zero-order valence-electron chi connectivity index (χ0n) is 17.1. The molecule has 0 aliphatic carbocycles. The highest BCUT2D eigenvalue weighted by molar-refractivity contribution is 8.13. The molecule has 0 saturated carbocycles. The fraction of sp³-hybridized carbons (Fsp3) is 0.318. The first kappa shape index (κ1) is 24.2. The second-order valence-corrected chi connectivity index (χ2v) is 7.74. The first-order chi connectivity index (χ1) is 15.0. The van der Waals surface area contributed by atoms with E-state index in [0.29, 0.717) is 24.4 Å². The van der Waals surface area contributed by atoms with E-state index in [9.17, 15) is 14.4 Å². The molecule has 1 aliphatic heterocycles. The van der Waals surface area contributed by atoms with Gasteiger partial charge in [0.15, 0.2) is 0 Å². The predicted molar refractivity (Wildman–Crippen MR) is 121 cm³/mol. The summed E-state index contributed by atoms with van der Waals surface area (Å²) in [5.74, 6) is -0.456. The van der Waals surface area contributed by atoms with Crippen LogP contribution in [0.4, 0.5) is 10.5 Å². The lowest BCUT2D eigenvalue weighted by Crippen LogP contribution is -2.35. The molecule has 0 aromatic heterocycles. The van der Waals surface area contributed by atoms with E-state index in [4.69, 9.17) is 14.2 Å². The number of ether oxygens (including phenoxy) is 3. The summed E-state index contributed by atoms with van der Waals surface area (Å²) in [4.78, 5) is 36.6. The van der Waals surface area contributed by atoms with Gasteiger partial charge in [0.1, 0.15) is 25.6 Å². The molecule has 1 aromatic rings. The summed E-state index contributed by atoms with van der Waals surface area (Å²) in [6.07, 6.45) is 4.99. The van der Waals surface area contributed by atoms with Crippen molar-refractivity contribution < 1.29 is 28.6 Å². The van der Waals surface area contributed by atoms with Crippen molar-refractivity contribution in [3.05, 3.63) is 61.7 Å². The number of carbonyl (C=O) groups excluding carboxylic acids is 3. The second kappa shape index (κ2) is 12.6. The van der Waals surface area contributed by atoms with E-state index in [0.717, 1.165) is 11.8 Å². The van der Waals surface area contributed by atoms with Crippen LogP contribution >= 0.6 is 11.8 Å². The van der Waals surface area contributed by atoms with Crippen LogP contribution in [-0.2, 0) is 14.3 Å². The van der Waals surface area contributed by atoms with Crippen LogP contribution in [0, 0.1) is 0 Å². The van der Waals surface area contributed by atoms with Crippen molar-refractivity contribution in [1.29, 1.82) is 0 Å². The topological polar surface area (TPSA) is 103 Å². The normalized spacial score (nSPS) is 17.3. The molecule has 0 unspecified atom stereocenters.